The smallest absolute Gasteiger partial charge is 0.159 e. The molecule has 2 heterocycles. The topological polar surface area (TPSA) is 32.8 Å². The van der Waals surface area contributed by atoms with E-state index in [4.69, 9.17) is 8.83 Å². The van der Waals surface area contributed by atoms with Gasteiger partial charge in [-0.15, -0.1) is 0 Å². The lowest BCUT2D eigenvalue weighted by molar-refractivity contribution is 0.627. The van der Waals surface area contributed by atoms with Gasteiger partial charge in [-0.05, 0) is 129 Å². The molecule has 0 atom stereocenters. The van der Waals surface area contributed by atoms with Crippen LogP contribution in [0.15, 0.2) is 203 Å². The van der Waals surface area contributed by atoms with Crippen molar-refractivity contribution in [3.63, 3.8) is 0 Å². The first-order valence-corrected chi connectivity index (χ1v) is 21.9. The number of para-hydroxylation sites is 4. The van der Waals surface area contributed by atoms with Crippen molar-refractivity contribution in [1.82, 2.24) is 0 Å². The van der Waals surface area contributed by atoms with Gasteiger partial charge in [0.1, 0.15) is 22.8 Å². The van der Waals surface area contributed by atoms with E-state index in [-0.39, 0.29) is 11.6 Å². The van der Waals surface area contributed by atoms with Gasteiger partial charge in [0.25, 0.3) is 0 Å². The van der Waals surface area contributed by atoms with Crippen molar-refractivity contribution in [2.24, 2.45) is 0 Å². The molecule has 4 nitrogen and oxygen atoms in total. The van der Waals surface area contributed by atoms with E-state index in [1.54, 1.807) is 0 Å². The third-order valence-electron chi connectivity index (χ3n) is 13.5. The second-order valence-electron chi connectivity index (χ2n) is 17.5. The van der Waals surface area contributed by atoms with Gasteiger partial charge in [-0.2, -0.15) is 0 Å². The van der Waals surface area contributed by atoms with Gasteiger partial charge in [0, 0.05) is 49.4 Å². The lowest BCUT2D eigenvalue weighted by atomic mass is 9.79. The van der Waals surface area contributed by atoms with Crippen molar-refractivity contribution in [3.8, 4) is 11.1 Å². The molecule has 0 fully saturated rings. The Balaban J connectivity index is 1.01. The van der Waals surface area contributed by atoms with Crippen LogP contribution in [0.1, 0.15) is 25.0 Å². The summed E-state index contributed by atoms with van der Waals surface area (Å²) in [4.78, 5) is 4.38. The largest absolute Gasteiger partial charge is 0.454 e. The van der Waals surface area contributed by atoms with Crippen LogP contribution >= 0.6 is 0 Å². The van der Waals surface area contributed by atoms with Crippen LogP contribution in [0.3, 0.4) is 0 Å². The van der Waals surface area contributed by atoms with E-state index < -0.39 is 5.41 Å². The fourth-order valence-corrected chi connectivity index (χ4v) is 10.6. The van der Waals surface area contributed by atoms with Crippen LogP contribution in [0.5, 0.6) is 0 Å². The number of anilines is 6. The number of halogens is 2. The third-order valence-corrected chi connectivity index (χ3v) is 13.5. The number of hydrogen-bond donors (Lipinski definition) is 0. The van der Waals surface area contributed by atoms with Crippen LogP contribution in [0.4, 0.5) is 42.9 Å². The van der Waals surface area contributed by atoms with Gasteiger partial charge in [0.05, 0.1) is 17.1 Å². The van der Waals surface area contributed by atoms with Gasteiger partial charge >= 0.3 is 0 Å². The predicted molar refractivity (Wildman–Crippen MR) is 263 cm³/mol. The fraction of sp³-hybridized carbons (Fsp3) is 0.0508. The van der Waals surface area contributed by atoms with Gasteiger partial charge in [0.15, 0.2) is 11.2 Å². The first-order valence-electron chi connectivity index (χ1n) is 21.9. The summed E-state index contributed by atoms with van der Waals surface area (Å²) in [7, 11) is 0. The summed E-state index contributed by atoms with van der Waals surface area (Å²) in [6, 6.07) is 64.1. The standard InChI is InChI=1S/C59H38F2N2O2/c1-59(2)49-34-52(63(39-28-24-37(61)25-29-39)51-18-10-16-47-44-13-6-8-20-54(44)65-58(47)51)42-11-3-4-14-45(42)55(49)48-31-21-35-33-40(30-32-41(35)56(48)59)62(38-26-22-36(60)23-27-38)50-17-9-15-46-43-12-5-7-19-53(43)64-57(46)50/h3-34H,1-2H3. The molecule has 0 N–H and O–H groups in total. The number of furan rings is 2. The molecule has 65 heavy (non-hydrogen) atoms. The molecule has 0 amide bonds. The van der Waals surface area contributed by atoms with Crippen molar-refractivity contribution in [3.05, 3.63) is 217 Å². The molecule has 2 aromatic heterocycles. The molecule has 0 saturated heterocycles. The Morgan fingerprint density at radius 2 is 0.908 bits per heavy atom. The monoisotopic (exact) mass is 844 g/mol. The lowest BCUT2D eigenvalue weighted by Crippen LogP contribution is -2.17. The van der Waals surface area contributed by atoms with Crippen LogP contribution in [-0.4, -0.2) is 0 Å². The zero-order valence-corrected chi connectivity index (χ0v) is 35.4. The van der Waals surface area contributed by atoms with E-state index in [0.29, 0.717) is 0 Å². The average molecular weight is 845 g/mol. The average Bonchev–Trinajstić information content (AvgIpc) is 3.99. The van der Waals surface area contributed by atoms with E-state index in [0.717, 1.165) is 99.5 Å². The Labute approximate surface area is 372 Å². The van der Waals surface area contributed by atoms with E-state index in [1.165, 1.54) is 46.5 Å². The Hall–Kier alpha value is -8.22. The van der Waals surface area contributed by atoms with Gasteiger partial charge in [-0.3, -0.25) is 0 Å². The van der Waals surface area contributed by atoms with Crippen LogP contribution < -0.4 is 9.80 Å². The van der Waals surface area contributed by atoms with E-state index in [1.807, 2.05) is 60.7 Å². The van der Waals surface area contributed by atoms with Gasteiger partial charge < -0.3 is 18.6 Å². The highest BCUT2D eigenvalue weighted by molar-refractivity contribution is 6.16. The quantitative estimate of drug-likeness (QED) is 0.167. The summed E-state index contributed by atoms with van der Waals surface area (Å²) in [5, 5.41) is 8.56. The summed E-state index contributed by atoms with van der Waals surface area (Å²) < 4.78 is 42.3. The second kappa shape index (κ2) is 13.9. The van der Waals surface area contributed by atoms with Crippen LogP contribution in [0, 0.1) is 11.6 Å². The van der Waals surface area contributed by atoms with Crippen molar-refractivity contribution >= 4 is 99.5 Å². The third kappa shape index (κ3) is 5.53. The number of fused-ring (bicyclic) bond motifs is 13. The summed E-state index contributed by atoms with van der Waals surface area (Å²) in [5.74, 6) is -0.594. The number of rotatable bonds is 6. The van der Waals surface area contributed by atoms with E-state index in [9.17, 15) is 8.78 Å². The zero-order chi connectivity index (χ0) is 43.6. The Bertz CT molecular complexity index is 3900. The summed E-state index contributed by atoms with van der Waals surface area (Å²) in [5.41, 5.74) is 12.8. The maximum atomic E-state index is 14.7. The minimum Gasteiger partial charge on any atom is -0.454 e. The first-order chi connectivity index (χ1) is 31.8. The van der Waals surface area contributed by atoms with Crippen LogP contribution in [-0.2, 0) is 5.41 Å². The maximum Gasteiger partial charge on any atom is 0.159 e. The minimum atomic E-state index is -0.430. The summed E-state index contributed by atoms with van der Waals surface area (Å²) in [6.07, 6.45) is 0. The molecular formula is C59H38F2N2O2. The van der Waals surface area contributed by atoms with Crippen molar-refractivity contribution in [2.75, 3.05) is 9.80 Å². The molecule has 12 aromatic rings. The molecule has 0 spiro atoms. The van der Waals surface area contributed by atoms with Crippen LogP contribution in [0.2, 0.25) is 0 Å². The number of hydrogen-bond acceptors (Lipinski definition) is 4. The fourth-order valence-electron chi connectivity index (χ4n) is 10.6. The SMILES string of the molecule is CC1(C)c2cc(N(c3ccc(F)cc3)c3cccc4c3oc3ccccc34)c3ccccc3c2-c2ccc3cc(N(c4ccc(F)cc4)c4cccc5c4oc4ccccc45)ccc3c21. The highest BCUT2D eigenvalue weighted by Gasteiger charge is 2.39. The highest BCUT2D eigenvalue weighted by Crippen LogP contribution is 2.57. The molecule has 10 aromatic carbocycles. The zero-order valence-electron chi connectivity index (χ0n) is 35.4. The molecule has 0 aliphatic heterocycles. The van der Waals surface area contributed by atoms with E-state index >= 15 is 0 Å². The van der Waals surface area contributed by atoms with E-state index in [2.05, 4.69) is 133 Å². The Morgan fingerprint density at radius 1 is 0.400 bits per heavy atom. The molecule has 1 aliphatic rings. The van der Waals surface area contributed by atoms with Gasteiger partial charge in [-0.25, -0.2) is 8.78 Å². The number of benzene rings is 10. The molecule has 0 bridgehead atoms. The van der Waals surface area contributed by atoms with Crippen molar-refractivity contribution < 1.29 is 17.6 Å². The summed E-state index contributed by atoms with van der Waals surface area (Å²) >= 11 is 0. The van der Waals surface area contributed by atoms with Gasteiger partial charge in [-0.1, -0.05) is 117 Å². The Morgan fingerprint density at radius 3 is 1.52 bits per heavy atom. The normalized spacial score (nSPS) is 13.0. The molecule has 0 saturated carbocycles. The molecule has 6 heteroatoms. The van der Waals surface area contributed by atoms with Crippen LogP contribution in [0.25, 0.3) is 76.5 Å². The second-order valence-corrected chi connectivity index (χ2v) is 17.5. The Kier molecular flexibility index (Phi) is 7.98. The number of nitrogens with zero attached hydrogens (tertiary/aromatic N) is 2. The highest BCUT2D eigenvalue weighted by atomic mass is 19.1. The molecule has 1 aliphatic carbocycles. The predicted octanol–water partition coefficient (Wildman–Crippen LogP) is 17.3. The summed E-state index contributed by atoms with van der Waals surface area (Å²) in [6.45, 7) is 4.64. The van der Waals surface area contributed by atoms with Crippen molar-refractivity contribution in [1.29, 1.82) is 0 Å². The molecular weight excluding hydrogens is 807 g/mol. The molecule has 0 unspecified atom stereocenters. The minimum absolute atomic E-state index is 0.297. The molecule has 310 valence electrons. The molecule has 13 rings (SSSR count). The molecule has 0 radical (unpaired) electrons. The maximum absolute atomic E-state index is 14.7. The van der Waals surface area contributed by atoms with Gasteiger partial charge in [0.2, 0.25) is 0 Å². The lowest BCUT2D eigenvalue weighted by Gasteiger charge is -2.30. The first kappa shape index (κ1) is 37.3. The van der Waals surface area contributed by atoms with Crippen molar-refractivity contribution in [2.45, 2.75) is 19.3 Å².